The molecule has 3 rings (SSSR count). The number of nitrogens with one attached hydrogen (secondary N) is 2. The zero-order valence-corrected chi connectivity index (χ0v) is 16.7. The van der Waals surface area contributed by atoms with Crippen LogP contribution >= 0.6 is 0 Å². The zero-order valence-electron chi connectivity index (χ0n) is 16.7. The Morgan fingerprint density at radius 2 is 1.80 bits per heavy atom. The zero-order chi connectivity index (χ0) is 21.5. The van der Waals surface area contributed by atoms with Gasteiger partial charge in [-0.3, -0.25) is 14.5 Å². The molecule has 1 heterocycles. The SMILES string of the molecule is C[C@H](c1ccc(-n2cncn2)cc1)N(C)CC(=O)NCC(=O)Nc1ccc(F)cc1. The Balaban J connectivity index is 1.46. The average molecular weight is 410 g/mol. The highest BCUT2D eigenvalue weighted by atomic mass is 19.1. The van der Waals surface area contributed by atoms with Crippen molar-refractivity contribution in [2.45, 2.75) is 13.0 Å². The van der Waals surface area contributed by atoms with Crippen LogP contribution in [0.1, 0.15) is 18.5 Å². The Morgan fingerprint density at radius 1 is 1.10 bits per heavy atom. The topological polar surface area (TPSA) is 92.2 Å². The van der Waals surface area contributed by atoms with E-state index in [0.717, 1.165) is 11.3 Å². The number of rotatable bonds is 8. The van der Waals surface area contributed by atoms with Gasteiger partial charge in [-0.05, 0) is 55.9 Å². The van der Waals surface area contributed by atoms with E-state index >= 15 is 0 Å². The molecule has 0 aliphatic carbocycles. The molecule has 156 valence electrons. The number of amides is 2. The molecule has 30 heavy (non-hydrogen) atoms. The quantitative estimate of drug-likeness (QED) is 0.594. The Morgan fingerprint density at radius 3 is 2.43 bits per heavy atom. The van der Waals surface area contributed by atoms with Crippen molar-refractivity contribution >= 4 is 17.5 Å². The second-order valence-electron chi connectivity index (χ2n) is 6.85. The average Bonchev–Trinajstić information content (AvgIpc) is 3.28. The maximum absolute atomic E-state index is 12.9. The lowest BCUT2D eigenvalue weighted by atomic mass is 10.1. The summed E-state index contributed by atoms with van der Waals surface area (Å²) in [7, 11) is 1.84. The molecule has 2 aromatic carbocycles. The predicted octanol–water partition coefficient (Wildman–Crippen LogP) is 2.15. The van der Waals surface area contributed by atoms with Crippen LogP contribution in [0.3, 0.4) is 0 Å². The van der Waals surface area contributed by atoms with Crippen molar-refractivity contribution in [1.29, 1.82) is 0 Å². The summed E-state index contributed by atoms with van der Waals surface area (Å²) in [6.45, 7) is 1.97. The van der Waals surface area contributed by atoms with Crippen molar-refractivity contribution in [3.8, 4) is 5.69 Å². The highest BCUT2D eigenvalue weighted by Gasteiger charge is 2.16. The number of anilines is 1. The molecule has 8 nitrogen and oxygen atoms in total. The molecule has 0 fully saturated rings. The number of halogens is 1. The van der Waals surface area contributed by atoms with E-state index in [-0.39, 0.29) is 36.8 Å². The molecule has 0 saturated heterocycles. The predicted molar refractivity (Wildman–Crippen MR) is 110 cm³/mol. The van der Waals surface area contributed by atoms with Crippen LogP contribution < -0.4 is 10.6 Å². The van der Waals surface area contributed by atoms with Crippen LogP contribution in [0.5, 0.6) is 0 Å². The standard InChI is InChI=1S/C21H23FN6O2/c1-15(16-3-9-19(10-4-16)28-14-23-13-25-28)27(2)12-21(30)24-11-20(29)26-18-7-5-17(22)6-8-18/h3-10,13-15H,11-12H2,1-2H3,(H,24,30)(H,26,29)/t15-/m1/s1. The number of benzene rings is 2. The molecule has 0 aliphatic heterocycles. The molecule has 9 heteroatoms. The van der Waals surface area contributed by atoms with Gasteiger partial charge in [-0.15, -0.1) is 0 Å². The van der Waals surface area contributed by atoms with Gasteiger partial charge in [0, 0.05) is 11.7 Å². The molecule has 0 unspecified atom stereocenters. The van der Waals surface area contributed by atoms with Gasteiger partial charge in [0.15, 0.2) is 0 Å². The number of carbonyl (C=O) groups is 2. The number of likely N-dealkylation sites (N-methyl/N-ethyl adjacent to an activating group) is 1. The maximum Gasteiger partial charge on any atom is 0.243 e. The first-order chi connectivity index (χ1) is 14.4. The van der Waals surface area contributed by atoms with Crippen LogP contribution in [-0.4, -0.2) is 51.6 Å². The lowest BCUT2D eigenvalue weighted by Gasteiger charge is -2.24. The molecular weight excluding hydrogens is 387 g/mol. The van der Waals surface area contributed by atoms with Gasteiger partial charge in [-0.2, -0.15) is 5.10 Å². The Bertz CT molecular complexity index is 974. The van der Waals surface area contributed by atoms with Crippen molar-refractivity contribution < 1.29 is 14.0 Å². The lowest BCUT2D eigenvalue weighted by Crippen LogP contribution is -2.39. The van der Waals surface area contributed by atoms with E-state index in [0.29, 0.717) is 5.69 Å². The van der Waals surface area contributed by atoms with Crippen LogP contribution in [0, 0.1) is 5.82 Å². The Hall–Kier alpha value is -3.59. The molecule has 0 saturated carbocycles. The van der Waals surface area contributed by atoms with Gasteiger partial charge in [0.1, 0.15) is 18.5 Å². The van der Waals surface area contributed by atoms with Crippen molar-refractivity contribution in [3.05, 3.63) is 72.6 Å². The molecule has 0 bridgehead atoms. The first-order valence-electron chi connectivity index (χ1n) is 9.39. The first-order valence-corrected chi connectivity index (χ1v) is 9.39. The summed E-state index contributed by atoms with van der Waals surface area (Å²) < 4.78 is 14.6. The summed E-state index contributed by atoms with van der Waals surface area (Å²) in [5.41, 5.74) is 2.41. The monoisotopic (exact) mass is 410 g/mol. The normalized spacial score (nSPS) is 11.9. The first kappa shape index (κ1) is 21.1. The molecule has 1 atom stereocenters. The molecule has 0 radical (unpaired) electrons. The summed E-state index contributed by atoms with van der Waals surface area (Å²) in [5.74, 6) is -1.03. The smallest absolute Gasteiger partial charge is 0.243 e. The van der Waals surface area contributed by atoms with Gasteiger partial charge in [-0.25, -0.2) is 14.1 Å². The number of carbonyl (C=O) groups excluding carboxylic acids is 2. The maximum atomic E-state index is 12.9. The van der Waals surface area contributed by atoms with E-state index in [9.17, 15) is 14.0 Å². The Labute approximate surface area is 173 Å². The van der Waals surface area contributed by atoms with E-state index in [4.69, 9.17) is 0 Å². The highest BCUT2D eigenvalue weighted by Crippen LogP contribution is 2.19. The van der Waals surface area contributed by atoms with E-state index in [2.05, 4.69) is 20.7 Å². The number of nitrogens with zero attached hydrogens (tertiary/aromatic N) is 4. The molecule has 3 aromatic rings. The van der Waals surface area contributed by atoms with E-state index in [1.807, 2.05) is 43.1 Å². The fourth-order valence-corrected chi connectivity index (χ4v) is 2.84. The van der Waals surface area contributed by atoms with Crippen LogP contribution in [0.15, 0.2) is 61.2 Å². The molecule has 2 N–H and O–H groups in total. The lowest BCUT2D eigenvalue weighted by molar-refractivity contribution is -0.125. The van der Waals surface area contributed by atoms with Crippen molar-refractivity contribution in [2.24, 2.45) is 0 Å². The third kappa shape index (κ3) is 5.71. The molecular formula is C21H23FN6O2. The molecule has 0 aliphatic rings. The minimum atomic E-state index is -0.383. The van der Waals surface area contributed by atoms with Crippen LogP contribution in [0.2, 0.25) is 0 Å². The van der Waals surface area contributed by atoms with Gasteiger partial charge >= 0.3 is 0 Å². The number of aromatic nitrogens is 3. The number of hydrogen-bond donors (Lipinski definition) is 2. The van der Waals surface area contributed by atoms with E-state index in [1.54, 1.807) is 11.0 Å². The van der Waals surface area contributed by atoms with Gasteiger partial charge < -0.3 is 10.6 Å². The highest BCUT2D eigenvalue weighted by molar-refractivity contribution is 5.94. The molecule has 0 spiro atoms. The summed E-state index contributed by atoms with van der Waals surface area (Å²) >= 11 is 0. The van der Waals surface area contributed by atoms with Crippen LogP contribution in [0.25, 0.3) is 5.69 Å². The van der Waals surface area contributed by atoms with Crippen LogP contribution in [0.4, 0.5) is 10.1 Å². The molecule has 1 aromatic heterocycles. The minimum absolute atomic E-state index is 0.00594. The van der Waals surface area contributed by atoms with Gasteiger partial charge in [0.25, 0.3) is 0 Å². The van der Waals surface area contributed by atoms with Crippen molar-refractivity contribution in [3.63, 3.8) is 0 Å². The van der Waals surface area contributed by atoms with E-state index < -0.39 is 0 Å². The number of hydrogen-bond acceptors (Lipinski definition) is 5. The largest absolute Gasteiger partial charge is 0.346 e. The van der Waals surface area contributed by atoms with Gasteiger partial charge in [-0.1, -0.05) is 12.1 Å². The fourth-order valence-electron chi connectivity index (χ4n) is 2.84. The van der Waals surface area contributed by atoms with Crippen molar-refractivity contribution in [1.82, 2.24) is 25.0 Å². The third-order valence-corrected chi connectivity index (χ3v) is 4.69. The second-order valence-corrected chi connectivity index (χ2v) is 6.85. The molecule has 2 amide bonds. The summed E-state index contributed by atoms with van der Waals surface area (Å²) in [4.78, 5) is 29.9. The Kier molecular flexibility index (Phi) is 6.87. The summed E-state index contributed by atoms with van der Waals surface area (Å²) in [6, 6.07) is 13.2. The second kappa shape index (κ2) is 9.75. The van der Waals surface area contributed by atoms with Gasteiger partial charge in [0.05, 0.1) is 18.8 Å². The minimum Gasteiger partial charge on any atom is -0.346 e. The van der Waals surface area contributed by atoms with Gasteiger partial charge in [0.2, 0.25) is 11.8 Å². The summed E-state index contributed by atoms with van der Waals surface area (Å²) in [5, 5.41) is 9.28. The van der Waals surface area contributed by atoms with Crippen molar-refractivity contribution in [2.75, 3.05) is 25.5 Å². The summed E-state index contributed by atoms with van der Waals surface area (Å²) in [6.07, 6.45) is 3.10. The fraction of sp³-hybridized carbons (Fsp3) is 0.238. The van der Waals surface area contributed by atoms with Crippen LogP contribution in [-0.2, 0) is 9.59 Å². The third-order valence-electron chi connectivity index (χ3n) is 4.69. The van der Waals surface area contributed by atoms with E-state index in [1.165, 1.54) is 30.6 Å².